The van der Waals surface area contributed by atoms with Crippen LogP contribution in [-0.2, 0) is 0 Å². The van der Waals surface area contributed by atoms with Gasteiger partial charge in [0.1, 0.15) is 0 Å². The van der Waals surface area contributed by atoms with Gasteiger partial charge in [0.05, 0.1) is 0 Å². The van der Waals surface area contributed by atoms with Crippen LogP contribution in [0.4, 0.5) is 0 Å². The van der Waals surface area contributed by atoms with E-state index in [1.165, 1.54) is 13.0 Å². The molecule has 1 heterocycles. The van der Waals surface area contributed by atoms with Crippen molar-refractivity contribution in [3.05, 3.63) is 12.7 Å². The Morgan fingerprint density at radius 1 is 1.78 bits per heavy atom. The molecule has 1 aliphatic carbocycles. The zero-order valence-electron chi connectivity index (χ0n) is 5.85. The molecule has 9 heavy (non-hydrogen) atoms. The average molecular weight is 123 g/mol. The highest BCUT2D eigenvalue weighted by Crippen LogP contribution is 2.55. The van der Waals surface area contributed by atoms with Crippen molar-refractivity contribution in [2.24, 2.45) is 11.8 Å². The highest BCUT2D eigenvalue weighted by Gasteiger charge is 2.61. The lowest BCUT2D eigenvalue weighted by atomic mass is 10.2. The van der Waals surface area contributed by atoms with Gasteiger partial charge in [-0.15, -0.1) is 6.58 Å². The van der Waals surface area contributed by atoms with E-state index in [1.807, 2.05) is 0 Å². The minimum absolute atomic E-state index is 0.460. The average Bonchev–Trinajstić information content (AvgIpc) is 2.16. The van der Waals surface area contributed by atoms with E-state index in [0.717, 1.165) is 11.8 Å². The Morgan fingerprint density at radius 2 is 2.56 bits per heavy atom. The van der Waals surface area contributed by atoms with Gasteiger partial charge in [0.25, 0.3) is 0 Å². The summed E-state index contributed by atoms with van der Waals surface area (Å²) in [6, 6.07) is 0. The summed E-state index contributed by atoms with van der Waals surface area (Å²) in [4.78, 5) is 0. The molecule has 50 valence electrons. The van der Waals surface area contributed by atoms with Crippen LogP contribution in [0, 0.1) is 11.8 Å². The van der Waals surface area contributed by atoms with Gasteiger partial charge < -0.3 is 5.32 Å². The topological polar surface area (TPSA) is 12.0 Å². The van der Waals surface area contributed by atoms with Crippen LogP contribution in [0.25, 0.3) is 0 Å². The lowest BCUT2D eigenvalue weighted by molar-refractivity contribution is 0.564. The molecule has 1 heteroatoms. The summed E-state index contributed by atoms with van der Waals surface area (Å²) in [6.07, 6.45) is 3.45. The van der Waals surface area contributed by atoms with Crippen molar-refractivity contribution < 1.29 is 0 Å². The summed E-state index contributed by atoms with van der Waals surface area (Å²) in [6.45, 7) is 7.33. The third-order valence-electron chi connectivity index (χ3n) is 3.00. The number of hydrogen-bond acceptors (Lipinski definition) is 1. The molecule has 2 aliphatic rings. The summed E-state index contributed by atoms with van der Waals surface area (Å²) in [5, 5.41) is 3.50. The standard InChI is InChI=1S/C8H13N/c1-3-6-7-4-5-9-8(6,7)2/h3,6-7,9H,1,4-5H2,2H3. The summed E-state index contributed by atoms with van der Waals surface area (Å²) in [5.74, 6) is 1.68. The Morgan fingerprint density at radius 3 is 2.89 bits per heavy atom. The molecule has 0 aromatic heterocycles. The van der Waals surface area contributed by atoms with E-state index in [9.17, 15) is 0 Å². The van der Waals surface area contributed by atoms with Crippen LogP contribution in [0.5, 0.6) is 0 Å². The maximum Gasteiger partial charge on any atom is 0.0254 e. The molecule has 0 radical (unpaired) electrons. The Kier molecular flexibility index (Phi) is 0.854. The predicted molar refractivity (Wildman–Crippen MR) is 38.2 cm³/mol. The molecule has 1 N–H and O–H groups in total. The molecule has 0 spiro atoms. The molecular weight excluding hydrogens is 110 g/mol. The monoisotopic (exact) mass is 123 g/mol. The summed E-state index contributed by atoms with van der Waals surface area (Å²) in [5.41, 5.74) is 0.460. The number of rotatable bonds is 1. The van der Waals surface area contributed by atoms with Crippen molar-refractivity contribution in [1.82, 2.24) is 5.32 Å². The van der Waals surface area contributed by atoms with Crippen molar-refractivity contribution in [3.63, 3.8) is 0 Å². The van der Waals surface area contributed by atoms with E-state index in [4.69, 9.17) is 0 Å². The fraction of sp³-hybridized carbons (Fsp3) is 0.750. The Balaban J connectivity index is 2.16. The minimum atomic E-state index is 0.460. The van der Waals surface area contributed by atoms with E-state index >= 15 is 0 Å². The molecule has 1 nitrogen and oxygen atoms in total. The highest BCUT2D eigenvalue weighted by atomic mass is 15.1. The first-order valence-corrected chi connectivity index (χ1v) is 3.66. The van der Waals surface area contributed by atoms with Gasteiger partial charge >= 0.3 is 0 Å². The third kappa shape index (κ3) is 0.485. The fourth-order valence-corrected chi connectivity index (χ4v) is 2.27. The van der Waals surface area contributed by atoms with Crippen LogP contribution in [-0.4, -0.2) is 12.1 Å². The molecular formula is C8H13N. The van der Waals surface area contributed by atoms with E-state index in [-0.39, 0.29) is 0 Å². The minimum Gasteiger partial charge on any atom is -0.311 e. The molecule has 0 aromatic carbocycles. The van der Waals surface area contributed by atoms with E-state index in [1.54, 1.807) is 0 Å². The van der Waals surface area contributed by atoms with Gasteiger partial charge in [-0.25, -0.2) is 0 Å². The molecule has 1 saturated heterocycles. The Labute approximate surface area is 56.1 Å². The van der Waals surface area contributed by atoms with Crippen LogP contribution in [0.3, 0.4) is 0 Å². The molecule has 3 atom stereocenters. The second-order valence-electron chi connectivity index (χ2n) is 3.37. The fourth-order valence-electron chi connectivity index (χ4n) is 2.27. The lowest BCUT2D eigenvalue weighted by Crippen LogP contribution is -2.26. The van der Waals surface area contributed by atoms with Crippen LogP contribution >= 0.6 is 0 Å². The molecule has 1 saturated carbocycles. The Hall–Kier alpha value is -0.300. The van der Waals surface area contributed by atoms with Gasteiger partial charge in [0.2, 0.25) is 0 Å². The van der Waals surface area contributed by atoms with Gasteiger partial charge in [0, 0.05) is 5.54 Å². The van der Waals surface area contributed by atoms with Crippen LogP contribution in [0.1, 0.15) is 13.3 Å². The van der Waals surface area contributed by atoms with Crippen molar-refractivity contribution in [1.29, 1.82) is 0 Å². The van der Waals surface area contributed by atoms with E-state index < -0.39 is 0 Å². The number of hydrogen-bond donors (Lipinski definition) is 1. The molecule has 0 aromatic rings. The van der Waals surface area contributed by atoms with Gasteiger partial charge in [-0.2, -0.15) is 0 Å². The number of fused-ring (bicyclic) bond motifs is 1. The van der Waals surface area contributed by atoms with Crippen molar-refractivity contribution in [2.45, 2.75) is 18.9 Å². The molecule has 2 rings (SSSR count). The highest BCUT2D eigenvalue weighted by molar-refractivity contribution is 5.23. The zero-order chi connectivity index (χ0) is 6.48. The summed E-state index contributed by atoms with van der Waals surface area (Å²) in [7, 11) is 0. The van der Waals surface area contributed by atoms with E-state index in [2.05, 4.69) is 24.9 Å². The second-order valence-corrected chi connectivity index (χ2v) is 3.37. The first-order chi connectivity index (χ1) is 4.29. The summed E-state index contributed by atoms with van der Waals surface area (Å²) >= 11 is 0. The maximum absolute atomic E-state index is 3.81. The smallest absolute Gasteiger partial charge is 0.0254 e. The quantitative estimate of drug-likeness (QED) is 0.516. The van der Waals surface area contributed by atoms with Crippen molar-refractivity contribution >= 4 is 0 Å². The number of piperidine rings is 1. The van der Waals surface area contributed by atoms with Crippen LogP contribution in [0.15, 0.2) is 12.7 Å². The largest absolute Gasteiger partial charge is 0.311 e. The molecule has 0 bridgehead atoms. The first kappa shape index (κ1) is 5.48. The van der Waals surface area contributed by atoms with Crippen molar-refractivity contribution in [3.8, 4) is 0 Å². The van der Waals surface area contributed by atoms with Gasteiger partial charge in [0.15, 0.2) is 0 Å². The second kappa shape index (κ2) is 1.40. The molecule has 2 fully saturated rings. The number of nitrogens with one attached hydrogen (secondary N) is 1. The van der Waals surface area contributed by atoms with E-state index in [0.29, 0.717) is 5.54 Å². The summed E-state index contributed by atoms with van der Waals surface area (Å²) < 4.78 is 0. The molecule has 1 aliphatic heterocycles. The lowest BCUT2D eigenvalue weighted by Gasteiger charge is -2.06. The van der Waals surface area contributed by atoms with Gasteiger partial charge in [-0.05, 0) is 31.7 Å². The normalized spacial score (nSPS) is 54.8. The van der Waals surface area contributed by atoms with Gasteiger partial charge in [-0.3, -0.25) is 0 Å². The third-order valence-corrected chi connectivity index (χ3v) is 3.00. The molecule has 3 unspecified atom stereocenters. The van der Waals surface area contributed by atoms with Crippen LogP contribution in [0.2, 0.25) is 0 Å². The van der Waals surface area contributed by atoms with Crippen molar-refractivity contribution in [2.75, 3.05) is 6.54 Å². The molecule has 0 amide bonds. The zero-order valence-corrected chi connectivity index (χ0v) is 5.85. The SMILES string of the molecule is C=CC1C2CCNC12C. The van der Waals surface area contributed by atoms with Gasteiger partial charge in [-0.1, -0.05) is 6.08 Å². The Bertz CT molecular complexity index is 153. The predicted octanol–water partition coefficient (Wildman–Crippen LogP) is 1.17. The first-order valence-electron chi connectivity index (χ1n) is 3.66. The van der Waals surface area contributed by atoms with Crippen LogP contribution < -0.4 is 5.32 Å². The maximum atomic E-state index is 3.81.